The lowest BCUT2D eigenvalue weighted by Crippen LogP contribution is -2.36. The molecular weight excluding hydrogens is 236 g/mol. The van der Waals surface area contributed by atoms with Gasteiger partial charge in [0.2, 0.25) is 11.7 Å². The van der Waals surface area contributed by atoms with Crippen molar-refractivity contribution < 1.29 is 19.1 Å². The zero-order valence-electron chi connectivity index (χ0n) is 10.8. The fourth-order valence-corrected chi connectivity index (χ4v) is 1.53. The number of nitrogens with zero attached hydrogens (tertiary/aromatic N) is 1. The number of aromatic carboxylic acids is 1. The van der Waals surface area contributed by atoms with E-state index in [1.54, 1.807) is 18.0 Å². The van der Waals surface area contributed by atoms with E-state index in [0.29, 0.717) is 12.3 Å². The molecule has 1 amide bonds. The molecule has 1 atom stereocenters. The lowest BCUT2D eigenvalue weighted by Gasteiger charge is -2.22. The van der Waals surface area contributed by atoms with Crippen molar-refractivity contribution in [3.63, 3.8) is 0 Å². The number of likely N-dealkylation sites (N-methyl/N-ethyl adjacent to an activating group) is 2. The molecule has 0 saturated carbocycles. The fraction of sp³-hybridized carbons (Fsp3) is 0.500. The summed E-state index contributed by atoms with van der Waals surface area (Å²) in [6.07, 6.45) is 0. The monoisotopic (exact) mass is 254 g/mol. The zero-order chi connectivity index (χ0) is 13.7. The highest BCUT2D eigenvalue weighted by Gasteiger charge is 2.19. The largest absolute Gasteiger partial charge is 0.475 e. The van der Waals surface area contributed by atoms with E-state index >= 15 is 0 Å². The number of carbonyl (C=O) groups excluding carboxylic acids is 1. The van der Waals surface area contributed by atoms with Gasteiger partial charge in [-0.25, -0.2) is 4.79 Å². The molecule has 18 heavy (non-hydrogen) atoms. The number of nitrogens with one attached hydrogen (secondary N) is 1. The highest BCUT2D eigenvalue weighted by molar-refractivity contribution is 5.84. The van der Waals surface area contributed by atoms with Crippen LogP contribution in [0, 0.1) is 0 Å². The molecule has 0 aliphatic heterocycles. The van der Waals surface area contributed by atoms with Gasteiger partial charge in [0.15, 0.2) is 0 Å². The number of carboxylic acid groups (broad SMARTS) is 1. The number of hydrogen-bond donors (Lipinski definition) is 2. The van der Waals surface area contributed by atoms with E-state index in [4.69, 9.17) is 9.52 Å². The molecule has 1 heterocycles. The third-order valence-corrected chi connectivity index (χ3v) is 2.68. The number of hydrogen-bond acceptors (Lipinski definition) is 4. The zero-order valence-corrected chi connectivity index (χ0v) is 10.8. The second kappa shape index (κ2) is 6.20. The standard InChI is InChI=1S/C12H18N2O4/c1-4-13-11(15)7-14(3)8(2)9-5-6-10(18-9)12(16)17/h5-6,8H,4,7H2,1-3H3,(H,13,15)(H,16,17). The molecule has 1 unspecified atom stereocenters. The van der Waals surface area contributed by atoms with Gasteiger partial charge in [0, 0.05) is 6.54 Å². The van der Waals surface area contributed by atoms with Crippen molar-refractivity contribution in [2.45, 2.75) is 19.9 Å². The van der Waals surface area contributed by atoms with Gasteiger partial charge in [-0.3, -0.25) is 9.69 Å². The molecule has 2 N–H and O–H groups in total. The predicted octanol–water partition coefficient (Wildman–Crippen LogP) is 1.11. The van der Waals surface area contributed by atoms with Gasteiger partial charge in [0.25, 0.3) is 0 Å². The van der Waals surface area contributed by atoms with Crippen molar-refractivity contribution in [3.8, 4) is 0 Å². The summed E-state index contributed by atoms with van der Waals surface area (Å²) in [6, 6.07) is 2.86. The normalized spacial score (nSPS) is 12.4. The minimum absolute atomic E-state index is 0.0723. The van der Waals surface area contributed by atoms with Crippen LogP contribution in [0.5, 0.6) is 0 Å². The summed E-state index contributed by atoms with van der Waals surface area (Å²) in [5.74, 6) is -0.737. The van der Waals surface area contributed by atoms with Crippen molar-refractivity contribution in [3.05, 3.63) is 23.7 Å². The summed E-state index contributed by atoms with van der Waals surface area (Å²) in [6.45, 7) is 4.53. The number of carbonyl (C=O) groups is 2. The quantitative estimate of drug-likeness (QED) is 0.794. The molecule has 0 radical (unpaired) electrons. The maximum absolute atomic E-state index is 11.4. The molecule has 1 aromatic heterocycles. The van der Waals surface area contributed by atoms with Gasteiger partial charge in [-0.05, 0) is 33.0 Å². The van der Waals surface area contributed by atoms with Crippen molar-refractivity contribution in [2.75, 3.05) is 20.1 Å². The topological polar surface area (TPSA) is 82.8 Å². The SMILES string of the molecule is CCNC(=O)CN(C)C(C)c1ccc(C(=O)O)o1. The third kappa shape index (κ3) is 3.59. The second-order valence-electron chi connectivity index (χ2n) is 4.05. The Morgan fingerprint density at radius 3 is 2.67 bits per heavy atom. The van der Waals surface area contributed by atoms with Crippen LogP contribution in [0.25, 0.3) is 0 Å². The predicted molar refractivity (Wildman–Crippen MR) is 65.4 cm³/mol. The average molecular weight is 254 g/mol. The first kappa shape index (κ1) is 14.2. The molecule has 100 valence electrons. The van der Waals surface area contributed by atoms with Gasteiger partial charge in [0.05, 0.1) is 12.6 Å². The van der Waals surface area contributed by atoms with Crippen LogP contribution < -0.4 is 5.32 Å². The minimum Gasteiger partial charge on any atom is -0.475 e. The number of rotatable bonds is 6. The molecule has 6 nitrogen and oxygen atoms in total. The Bertz CT molecular complexity index is 427. The molecular formula is C12H18N2O4. The maximum atomic E-state index is 11.4. The summed E-state index contributed by atoms with van der Waals surface area (Å²) in [7, 11) is 1.78. The lowest BCUT2D eigenvalue weighted by atomic mass is 10.2. The molecule has 0 saturated heterocycles. The molecule has 1 aromatic rings. The summed E-state index contributed by atoms with van der Waals surface area (Å²) in [5.41, 5.74) is 0. The molecule has 0 fully saturated rings. The van der Waals surface area contributed by atoms with Crippen LogP contribution in [-0.4, -0.2) is 42.0 Å². The highest BCUT2D eigenvalue weighted by Crippen LogP contribution is 2.20. The fourth-order valence-electron chi connectivity index (χ4n) is 1.53. The van der Waals surface area contributed by atoms with E-state index in [2.05, 4.69) is 5.32 Å². The third-order valence-electron chi connectivity index (χ3n) is 2.68. The van der Waals surface area contributed by atoms with Crippen molar-refractivity contribution in [1.29, 1.82) is 0 Å². The molecule has 1 rings (SSSR count). The summed E-state index contributed by atoms with van der Waals surface area (Å²) in [5, 5.41) is 11.5. The van der Waals surface area contributed by atoms with Gasteiger partial charge in [-0.2, -0.15) is 0 Å². The molecule has 0 aromatic carbocycles. The maximum Gasteiger partial charge on any atom is 0.371 e. The number of amides is 1. The summed E-state index contributed by atoms with van der Waals surface area (Å²) >= 11 is 0. The summed E-state index contributed by atoms with van der Waals surface area (Å²) < 4.78 is 5.20. The molecule has 0 bridgehead atoms. The molecule has 0 aliphatic carbocycles. The minimum atomic E-state index is -1.10. The van der Waals surface area contributed by atoms with Crippen LogP contribution >= 0.6 is 0 Å². The van der Waals surface area contributed by atoms with E-state index in [9.17, 15) is 9.59 Å². The average Bonchev–Trinajstić information content (AvgIpc) is 2.77. The van der Waals surface area contributed by atoms with E-state index in [1.165, 1.54) is 6.07 Å². The summed E-state index contributed by atoms with van der Waals surface area (Å²) in [4.78, 5) is 23.9. The van der Waals surface area contributed by atoms with Crippen LogP contribution in [0.15, 0.2) is 16.5 Å². The van der Waals surface area contributed by atoms with Crippen LogP contribution in [0.2, 0.25) is 0 Å². The van der Waals surface area contributed by atoms with Crippen molar-refractivity contribution in [1.82, 2.24) is 10.2 Å². The van der Waals surface area contributed by atoms with Crippen LogP contribution in [0.3, 0.4) is 0 Å². The van der Waals surface area contributed by atoms with E-state index in [0.717, 1.165) is 0 Å². The Kier molecular flexibility index (Phi) is 4.91. The second-order valence-corrected chi connectivity index (χ2v) is 4.05. The Balaban J connectivity index is 2.64. The van der Waals surface area contributed by atoms with Crippen LogP contribution in [0.4, 0.5) is 0 Å². The van der Waals surface area contributed by atoms with E-state index in [-0.39, 0.29) is 24.3 Å². The number of furan rings is 1. The van der Waals surface area contributed by atoms with E-state index < -0.39 is 5.97 Å². The Labute approximate surface area is 106 Å². The van der Waals surface area contributed by atoms with Gasteiger partial charge >= 0.3 is 5.97 Å². The van der Waals surface area contributed by atoms with Gasteiger partial charge in [0.1, 0.15) is 5.76 Å². The first-order chi connectivity index (χ1) is 8.45. The molecule has 6 heteroatoms. The molecule has 0 aliphatic rings. The highest BCUT2D eigenvalue weighted by atomic mass is 16.4. The Hall–Kier alpha value is -1.82. The Morgan fingerprint density at radius 1 is 1.50 bits per heavy atom. The lowest BCUT2D eigenvalue weighted by molar-refractivity contribution is -0.122. The van der Waals surface area contributed by atoms with Gasteiger partial charge < -0.3 is 14.8 Å². The van der Waals surface area contributed by atoms with Gasteiger partial charge in [-0.1, -0.05) is 0 Å². The first-order valence-electron chi connectivity index (χ1n) is 5.75. The Morgan fingerprint density at radius 2 is 2.17 bits per heavy atom. The molecule has 0 spiro atoms. The van der Waals surface area contributed by atoms with Crippen LogP contribution in [-0.2, 0) is 4.79 Å². The van der Waals surface area contributed by atoms with E-state index in [1.807, 2.05) is 13.8 Å². The first-order valence-corrected chi connectivity index (χ1v) is 5.75. The van der Waals surface area contributed by atoms with Crippen molar-refractivity contribution >= 4 is 11.9 Å². The van der Waals surface area contributed by atoms with Crippen LogP contribution in [0.1, 0.15) is 36.2 Å². The van der Waals surface area contributed by atoms with Gasteiger partial charge in [-0.15, -0.1) is 0 Å². The van der Waals surface area contributed by atoms with Crippen molar-refractivity contribution in [2.24, 2.45) is 0 Å². The smallest absolute Gasteiger partial charge is 0.371 e. The number of carboxylic acids is 1.